The van der Waals surface area contributed by atoms with E-state index in [9.17, 15) is 15.0 Å². The topological polar surface area (TPSA) is 109 Å². The normalized spacial score (nSPS) is 51.4. The smallest absolute Gasteiger partial charge is 0.407 e. The molecule has 6 saturated carbocycles. The monoisotopic (exact) mass is 616 g/mol. The van der Waals surface area contributed by atoms with E-state index < -0.39 is 17.8 Å². The van der Waals surface area contributed by atoms with Gasteiger partial charge >= 0.3 is 6.09 Å². The van der Waals surface area contributed by atoms with Gasteiger partial charge in [0.15, 0.2) is 0 Å². The Kier molecular flexibility index (Phi) is 7.22. The lowest BCUT2D eigenvalue weighted by molar-refractivity contribution is -0.342. The average Bonchev–Trinajstić information content (AvgIpc) is 3.10. The molecule has 13 unspecified atom stereocenters. The summed E-state index contributed by atoms with van der Waals surface area (Å²) in [5.41, 5.74) is -0.913. The predicted molar refractivity (Wildman–Crippen MR) is 168 cm³/mol. The Morgan fingerprint density at radius 2 is 1.82 bits per heavy atom. The highest BCUT2D eigenvalue weighted by atomic mass is 16.6. The van der Waals surface area contributed by atoms with Crippen molar-refractivity contribution in [1.29, 1.82) is 0 Å². The first-order valence-corrected chi connectivity index (χ1v) is 17.9. The number of carbonyl (C=O) groups excluding carboxylic acids is 1. The van der Waals surface area contributed by atoms with E-state index in [-0.39, 0.29) is 63.4 Å². The van der Waals surface area contributed by atoms with Gasteiger partial charge in [0.05, 0.1) is 30.0 Å². The van der Waals surface area contributed by atoms with E-state index >= 15 is 0 Å². The number of carbonyl (C=O) groups is 1. The highest BCUT2D eigenvalue weighted by molar-refractivity contribution is 5.68. The summed E-state index contributed by atoms with van der Waals surface area (Å²) in [4.78, 5) is 12.8. The Morgan fingerprint density at radius 3 is 2.45 bits per heavy atom. The molecule has 8 rings (SSSR count). The summed E-state index contributed by atoms with van der Waals surface area (Å²) in [5, 5.41) is 29.8. The van der Waals surface area contributed by atoms with Gasteiger partial charge in [-0.05, 0) is 112 Å². The molecule has 8 nitrogen and oxygen atoms in total. The van der Waals surface area contributed by atoms with Crippen LogP contribution in [0.4, 0.5) is 4.79 Å². The van der Waals surface area contributed by atoms with Crippen molar-refractivity contribution in [2.45, 2.75) is 149 Å². The number of aliphatic hydroxyl groups is 2. The molecule has 2 bridgehead atoms. The first-order valence-electron chi connectivity index (χ1n) is 17.9. The van der Waals surface area contributed by atoms with Crippen LogP contribution in [0.15, 0.2) is 0 Å². The van der Waals surface area contributed by atoms with Crippen LogP contribution in [-0.4, -0.2) is 78.2 Å². The van der Waals surface area contributed by atoms with E-state index in [4.69, 9.17) is 14.2 Å². The number of amides is 1. The molecule has 0 aromatic carbocycles. The summed E-state index contributed by atoms with van der Waals surface area (Å²) in [6.45, 7) is 19.8. The molecule has 8 heteroatoms. The zero-order chi connectivity index (χ0) is 31.7. The van der Waals surface area contributed by atoms with Crippen molar-refractivity contribution < 1.29 is 29.2 Å². The zero-order valence-corrected chi connectivity index (χ0v) is 28.6. The first-order chi connectivity index (χ1) is 20.6. The van der Waals surface area contributed by atoms with Crippen molar-refractivity contribution in [3.05, 3.63) is 0 Å². The lowest BCUT2D eigenvalue weighted by atomic mass is 9.23. The molecule has 0 aromatic rings. The highest BCUT2D eigenvalue weighted by Crippen LogP contribution is 2.86. The second kappa shape index (κ2) is 10.0. The Morgan fingerprint density at radius 1 is 1.09 bits per heavy atom. The molecule has 13 atom stereocenters. The second-order valence-electron chi connectivity index (χ2n) is 18.0. The van der Waals surface area contributed by atoms with Crippen LogP contribution in [0.25, 0.3) is 0 Å². The number of rotatable bonds is 6. The molecule has 2 heterocycles. The molecule has 4 N–H and O–H groups in total. The van der Waals surface area contributed by atoms with Gasteiger partial charge in [0, 0.05) is 30.5 Å². The van der Waals surface area contributed by atoms with Gasteiger partial charge < -0.3 is 35.1 Å². The molecule has 6 aliphatic carbocycles. The van der Waals surface area contributed by atoms with Gasteiger partial charge in [-0.15, -0.1) is 0 Å². The fourth-order valence-corrected chi connectivity index (χ4v) is 13.5. The third-order valence-electron chi connectivity index (χ3n) is 15.7. The van der Waals surface area contributed by atoms with Crippen molar-refractivity contribution >= 4 is 6.09 Å². The van der Waals surface area contributed by atoms with E-state index in [1.54, 1.807) is 0 Å². The molecule has 8 aliphatic rings. The van der Waals surface area contributed by atoms with Crippen molar-refractivity contribution in [2.24, 2.45) is 50.7 Å². The fourth-order valence-electron chi connectivity index (χ4n) is 13.5. The minimum Gasteiger partial charge on any atom is -0.446 e. The molecule has 2 saturated heterocycles. The largest absolute Gasteiger partial charge is 0.446 e. The van der Waals surface area contributed by atoms with Crippen LogP contribution in [0.2, 0.25) is 0 Å². The maximum atomic E-state index is 12.8. The Balaban J connectivity index is 1.14. The molecular formula is C36H60N2O6. The molecule has 44 heavy (non-hydrogen) atoms. The van der Waals surface area contributed by atoms with E-state index in [1.807, 2.05) is 20.8 Å². The van der Waals surface area contributed by atoms with Crippen molar-refractivity contribution in [3.63, 3.8) is 0 Å². The SMILES string of the molecule is CCOC(C1CC(C)C2C(O1)C(O)C1(C)C3CCC45CC3(CCC21C)C4CCC(OC(=O)NC1CNC1)C5(C)C)C(C)(C)O. The summed E-state index contributed by atoms with van der Waals surface area (Å²) in [6, 6.07) is 0.184. The van der Waals surface area contributed by atoms with E-state index in [2.05, 4.69) is 45.3 Å². The van der Waals surface area contributed by atoms with Gasteiger partial charge in [-0.1, -0.05) is 34.6 Å². The predicted octanol–water partition coefficient (Wildman–Crippen LogP) is 5.04. The molecule has 2 aliphatic heterocycles. The highest BCUT2D eigenvalue weighted by Gasteiger charge is 2.82. The summed E-state index contributed by atoms with van der Waals surface area (Å²) >= 11 is 0. The van der Waals surface area contributed by atoms with Crippen LogP contribution in [0.3, 0.4) is 0 Å². The van der Waals surface area contributed by atoms with E-state index in [1.165, 1.54) is 12.8 Å². The first kappa shape index (κ1) is 31.7. The molecule has 8 fully saturated rings. The van der Waals surface area contributed by atoms with Gasteiger partial charge in [0.1, 0.15) is 12.2 Å². The zero-order valence-electron chi connectivity index (χ0n) is 28.6. The number of nitrogens with one attached hydrogen (secondary N) is 2. The third-order valence-corrected chi connectivity index (χ3v) is 15.7. The lowest BCUT2D eigenvalue weighted by Crippen LogP contribution is -2.76. The molecule has 250 valence electrons. The summed E-state index contributed by atoms with van der Waals surface area (Å²) in [6.07, 6.45) is 6.91. The van der Waals surface area contributed by atoms with Gasteiger partial charge in [-0.25, -0.2) is 4.79 Å². The van der Waals surface area contributed by atoms with Gasteiger partial charge in [-0.3, -0.25) is 0 Å². The molecule has 0 radical (unpaired) electrons. The number of ether oxygens (including phenoxy) is 3. The molecule has 0 aromatic heterocycles. The number of aliphatic hydroxyl groups excluding tert-OH is 1. The molecular weight excluding hydrogens is 556 g/mol. The maximum absolute atomic E-state index is 12.8. The van der Waals surface area contributed by atoms with E-state index in [0.717, 1.165) is 51.6 Å². The number of alkyl carbamates (subject to hydrolysis) is 1. The van der Waals surface area contributed by atoms with E-state index in [0.29, 0.717) is 24.4 Å². The van der Waals surface area contributed by atoms with Crippen LogP contribution >= 0.6 is 0 Å². The second-order valence-corrected chi connectivity index (χ2v) is 18.0. The number of fused-ring (bicyclic) bond motifs is 4. The quantitative estimate of drug-likeness (QED) is 0.331. The maximum Gasteiger partial charge on any atom is 0.407 e. The lowest BCUT2D eigenvalue weighted by Gasteiger charge is -2.81. The van der Waals surface area contributed by atoms with Gasteiger partial charge in [-0.2, -0.15) is 0 Å². The standard InChI is InChI=1S/C36H60N2O6/c1-9-42-29(32(5,6)41)22-16-20(2)26-27(43-22)28(39)34(8)23-12-13-36-19-35(23,15-14-33(26,34)7)24(36)10-11-25(31(36,3)4)44-30(40)38-21-17-37-18-21/h20-29,37,39,41H,9-19H2,1-8H3,(H,38,40). The van der Waals surface area contributed by atoms with Crippen LogP contribution in [-0.2, 0) is 14.2 Å². The van der Waals surface area contributed by atoms with Gasteiger partial charge in [0.2, 0.25) is 0 Å². The molecule has 1 amide bonds. The Bertz CT molecular complexity index is 1150. The van der Waals surface area contributed by atoms with Crippen LogP contribution in [0.1, 0.15) is 107 Å². The summed E-state index contributed by atoms with van der Waals surface area (Å²) in [7, 11) is 0. The summed E-state index contributed by atoms with van der Waals surface area (Å²) in [5.74, 6) is 1.73. The number of hydrogen-bond donors (Lipinski definition) is 4. The van der Waals surface area contributed by atoms with Crippen LogP contribution in [0, 0.1) is 50.7 Å². The van der Waals surface area contributed by atoms with Crippen molar-refractivity contribution in [1.82, 2.24) is 10.6 Å². The molecule has 2 spiro atoms. The number of hydrogen-bond acceptors (Lipinski definition) is 7. The Labute approximate surface area is 265 Å². The summed E-state index contributed by atoms with van der Waals surface area (Å²) < 4.78 is 19.2. The van der Waals surface area contributed by atoms with Gasteiger partial charge in [0.25, 0.3) is 0 Å². The van der Waals surface area contributed by atoms with Crippen LogP contribution < -0.4 is 10.6 Å². The Hall–Kier alpha value is -0.930. The average molecular weight is 617 g/mol. The minimum atomic E-state index is -1.02. The fraction of sp³-hybridized carbons (Fsp3) is 0.972. The van der Waals surface area contributed by atoms with Crippen molar-refractivity contribution in [2.75, 3.05) is 19.7 Å². The third kappa shape index (κ3) is 3.90. The minimum absolute atomic E-state index is 0.00682. The van der Waals surface area contributed by atoms with Crippen LogP contribution in [0.5, 0.6) is 0 Å². The van der Waals surface area contributed by atoms with Crippen molar-refractivity contribution in [3.8, 4) is 0 Å².